The first-order valence-corrected chi connectivity index (χ1v) is 9.49. The zero-order chi connectivity index (χ0) is 16.6. The molecule has 0 saturated heterocycles. The van der Waals surface area contributed by atoms with Crippen molar-refractivity contribution in [2.45, 2.75) is 65.0 Å². The Morgan fingerprint density at radius 3 is 2.50 bits per heavy atom. The number of likely N-dealkylation sites (N-methyl/N-ethyl adjacent to an activating group) is 1. The monoisotopic (exact) mass is 326 g/mol. The maximum Gasteiger partial charge on any atom is 0.339 e. The smallest absolute Gasteiger partial charge is 0.339 e. The van der Waals surface area contributed by atoms with Crippen LogP contribution in [-0.4, -0.2) is 43.2 Å². The van der Waals surface area contributed by atoms with Gasteiger partial charge in [0, 0.05) is 5.38 Å². The van der Waals surface area contributed by atoms with Gasteiger partial charge in [0.05, 0.1) is 25.7 Å². The average Bonchev–Trinajstić information content (AvgIpc) is 3.04. The molecule has 1 heterocycles. The fourth-order valence-corrected chi connectivity index (χ4v) is 3.89. The molecule has 22 heavy (non-hydrogen) atoms. The van der Waals surface area contributed by atoms with Crippen molar-refractivity contribution in [3.63, 3.8) is 0 Å². The maximum absolute atomic E-state index is 12.0. The van der Waals surface area contributed by atoms with E-state index in [2.05, 4.69) is 14.1 Å². The molecule has 1 aromatic rings. The average molecular weight is 327 g/mol. The highest BCUT2D eigenvalue weighted by molar-refractivity contribution is 7.08. The van der Waals surface area contributed by atoms with Gasteiger partial charge in [-0.1, -0.05) is 20.3 Å². The molecule has 1 atom stereocenters. The summed E-state index contributed by atoms with van der Waals surface area (Å²) in [6.07, 6.45) is 6.62. The minimum Gasteiger partial charge on any atom is -0.453 e. The lowest BCUT2D eigenvalue weighted by Gasteiger charge is -2.41. The van der Waals surface area contributed by atoms with Crippen molar-refractivity contribution < 1.29 is 14.0 Å². The van der Waals surface area contributed by atoms with Gasteiger partial charge in [-0.2, -0.15) is 11.3 Å². The van der Waals surface area contributed by atoms with Crippen molar-refractivity contribution in [3.05, 3.63) is 22.4 Å². The quantitative estimate of drug-likeness (QED) is 0.577. The highest BCUT2D eigenvalue weighted by Gasteiger charge is 2.32. The summed E-state index contributed by atoms with van der Waals surface area (Å²) in [6.45, 7) is 6.90. The van der Waals surface area contributed by atoms with E-state index >= 15 is 0 Å². The summed E-state index contributed by atoms with van der Waals surface area (Å²) in [6, 6.07) is 2.53. The van der Waals surface area contributed by atoms with Gasteiger partial charge in [0.1, 0.15) is 12.6 Å². The Morgan fingerprint density at radius 2 is 1.95 bits per heavy atom. The van der Waals surface area contributed by atoms with E-state index in [4.69, 9.17) is 4.74 Å². The second-order valence-corrected chi connectivity index (χ2v) is 7.26. The van der Waals surface area contributed by atoms with Gasteiger partial charge in [-0.15, -0.1) is 0 Å². The first-order valence-electron chi connectivity index (χ1n) is 8.55. The zero-order valence-corrected chi connectivity index (χ0v) is 15.6. The second-order valence-electron chi connectivity index (χ2n) is 6.48. The van der Waals surface area contributed by atoms with Crippen LogP contribution in [0.1, 0.15) is 63.2 Å². The maximum atomic E-state index is 12.0. The number of quaternary nitrogens is 1. The van der Waals surface area contributed by atoms with Crippen LogP contribution in [0.2, 0.25) is 0 Å². The van der Waals surface area contributed by atoms with E-state index in [1.54, 1.807) is 0 Å². The molecule has 2 rings (SSSR count). The van der Waals surface area contributed by atoms with E-state index in [9.17, 15) is 4.79 Å². The molecule has 1 fully saturated rings. The first kappa shape index (κ1) is 19.2. The SMILES string of the molecule is CC.CC(C[N+](C)(C)C1CCCCC1)OC(=O)c1ccsc1. The van der Waals surface area contributed by atoms with Crippen LogP contribution >= 0.6 is 11.3 Å². The molecule has 1 unspecified atom stereocenters. The lowest BCUT2D eigenvalue weighted by Crippen LogP contribution is -2.53. The lowest BCUT2D eigenvalue weighted by atomic mass is 9.93. The molecular weight excluding hydrogens is 294 g/mol. The summed E-state index contributed by atoms with van der Waals surface area (Å²) in [5.74, 6) is -0.192. The Hall–Kier alpha value is -0.870. The molecule has 1 aliphatic carbocycles. The van der Waals surface area contributed by atoms with Crippen molar-refractivity contribution in [2.24, 2.45) is 0 Å². The predicted octanol–water partition coefficient (Wildman–Crippen LogP) is 4.73. The molecule has 1 aliphatic rings. The third-order valence-electron chi connectivity index (χ3n) is 4.36. The molecule has 0 bridgehead atoms. The van der Waals surface area contributed by atoms with E-state index in [-0.39, 0.29) is 12.1 Å². The number of esters is 1. The van der Waals surface area contributed by atoms with Gasteiger partial charge in [0.25, 0.3) is 0 Å². The molecular formula is C18H32NO2S+. The van der Waals surface area contributed by atoms with Gasteiger partial charge in [-0.25, -0.2) is 4.79 Å². The van der Waals surface area contributed by atoms with E-state index in [1.165, 1.54) is 43.4 Å². The van der Waals surface area contributed by atoms with Crippen molar-refractivity contribution in [3.8, 4) is 0 Å². The fraction of sp³-hybridized carbons (Fsp3) is 0.722. The molecule has 0 aromatic carbocycles. The van der Waals surface area contributed by atoms with Gasteiger partial charge in [-0.3, -0.25) is 0 Å². The Labute approximate surface area is 139 Å². The number of rotatable bonds is 5. The van der Waals surface area contributed by atoms with Crippen LogP contribution in [0.4, 0.5) is 0 Å². The number of thiophene rings is 1. The van der Waals surface area contributed by atoms with Crippen LogP contribution in [0.15, 0.2) is 16.8 Å². The van der Waals surface area contributed by atoms with Gasteiger partial charge >= 0.3 is 5.97 Å². The number of ether oxygens (including phenoxy) is 1. The number of nitrogens with zero attached hydrogens (tertiary/aromatic N) is 1. The summed E-state index contributed by atoms with van der Waals surface area (Å²) in [7, 11) is 4.54. The van der Waals surface area contributed by atoms with Crippen LogP contribution in [0, 0.1) is 0 Å². The van der Waals surface area contributed by atoms with Gasteiger partial charge in [0.15, 0.2) is 0 Å². The summed E-state index contributed by atoms with van der Waals surface area (Å²) in [4.78, 5) is 12.0. The third-order valence-corrected chi connectivity index (χ3v) is 5.04. The molecule has 0 radical (unpaired) electrons. The summed E-state index contributed by atoms with van der Waals surface area (Å²) >= 11 is 1.53. The topological polar surface area (TPSA) is 26.3 Å². The number of hydrogen-bond donors (Lipinski definition) is 0. The van der Waals surface area contributed by atoms with Crippen LogP contribution in [0.3, 0.4) is 0 Å². The molecule has 0 aliphatic heterocycles. The minimum atomic E-state index is -0.192. The van der Waals surface area contributed by atoms with Crippen LogP contribution < -0.4 is 0 Å². The molecule has 1 saturated carbocycles. The molecule has 0 amide bonds. The van der Waals surface area contributed by atoms with Crippen molar-refractivity contribution in [1.82, 2.24) is 0 Å². The van der Waals surface area contributed by atoms with Crippen LogP contribution in [-0.2, 0) is 4.74 Å². The number of carbonyl (C=O) groups excluding carboxylic acids is 1. The summed E-state index contributed by atoms with van der Waals surface area (Å²) in [5.41, 5.74) is 0.671. The molecule has 3 nitrogen and oxygen atoms in total. The zero-order valence-electron chi connectivity index (χ0n) is 14.8. The predicted molar refractivity (Wildman–Crippen MR) is 94.4 cm³/mol. The van der Waals surface area contributed by atoms with E-state index in [0.717, 1.165) is 11.0 Å². The molecule has 126 valence electrons. The minimum absolute atomic E-state index is 0.0423. The van der Waals surface area contributed by atoms with Crippen LogP contribution in [0.5, 0.6) is 0 Å². The van der Waals surface area contributed by atoms with Crippen LogP contribution in [0.25, 0.3) is 0 Å². The first-order chi connectivity index (χ1) is 10.5. The van der Waals surface area contributed by atoms with Crippen molar-refractivity contribution >= 4 is 17.3 Å². The Morgan fingerprint density at radius 1 is 1.32 bits per heavy atom. The molecule has 4 heteroatoms. The van der Waals surface area contributed by atoms with E-state index < -0.39 is 0 Å². The number of carbonyl (C=O) groups is 1. The second kappa shape index (κ2) is 9.31. The molecule has 0 N–H and O–H groups in total. The molecule has 0 spiro atoms. The Balaban J connectivity index is 0.00000116. The highest BCUT2D eigenvalue weighted by atomic mass is 32.1. The van der Waals surface area contributed by atoms with Gasteiger partial charge < -0.3 is 9.22 Å². The Bertz CT molecular complexity index is 422. The molecule has 1 aromatic heterocycles. The van der Waals surface area contributed by atoms with E-state index in [0.29, 0.717) is 11.6 Å². The standard InChI is InChI=1S/C16H26NO2S.C2H6/c1-13(19-16(18)14-9-10-20-12-14)11-17(2,3)15-7-5-4-6-8-15;1-2/h9-10,12-13,15H,4-8,11H2,1-3H3;1-2H3/q+1;. The van der Waals surface area contributed by atoms with Gasteiger partial charge in [0.2, 0.25) is 0 Å². The van der Waals surface area contributed by atoms with Crippen molar-refractivity contribution in [1.29, 1.82) is 0 Å². The third kappa shape index (κ3) is 5.73. The summed E-state index contributed by atoms with van der Waals surface area (Å²) < 4.78 is 6.53. The highest BCUT2D eigenvalue weighted by Crippen LogP contribution is 2.26. The largest absolute Gasteiger partial charge is 0.453 e. The fourth-order valence-electron chi connectivity index (χ4n) is 3.26. The lowest BCUT2D eigenvalue weighted by molar-refractivity contribution is -0.918. The van der Waals surface area contributed by atoms with E-state index in [1.807, 2.05) is 37.6 Å². The number of hydrogen-bond acceptors (Lipinski definition) is 3. The van der Waals surface area contributed by atoms with Crippen molar-refractivity contribution in [2.75, 3.05) is 20.6 Å². The normalized spacial score (nSPS) is 17.3. The summed E-state index contributed by atoms with van der Waals surface area (Å²) in [5, 5.41) is 3.75. The Kier molecular flexibility index (Phi) is 8.12. The van der Waals surface area contributed by atoms with Gasteiger partial charge in [-0.05, 0) is 44.1 Å².